The predicted molar refractivity (Wildman–Crippen MR) is 60.0 cm³/mol. The molecule has 5 heteroatoms. The number of methoxy groups -OCH3 is 1. The zero-order valence-electron chi connectivity index (χ0n) is 9.40. The summed E-state index contributed by atoms with van der Waals surface area (Å²) in [6.07, 6.45) is 7.37. The summed E-state index contributed by atoms with van der Waals surface area (Å²) in [5, 5.41) is 9.31. The minimum absolute atomic E-state index is 0.0935. The maximum Gasteiger partial charge on any atom is 0.227 e. The van der Waals surface area contributed by atoms with Gasteiger partial charge in [-0.3, -0.25) is 9.89 Å². The lowest BCUT2D eigenvalue weighted by molar-refractivity contribution is -0.121. The van der Waals surface area contributed by atoms with Gasteiger partial charge < -0.3 is 10.1 Å². The van der Waals surface area contributed by atoms with E-state index < -0.39 is 0 Å². The molecule has 16 heavy (non-hydrogen) atoms. The van der Waals surface area contributed by atoms with Crippen molar-refractivity contribution in [3.63, 3.8) is 0 Å². The first-order valence-electron chi connectivity index (χ1n) is 5.62. The predicted octanol–water partition coefficient (Wildman–Crippen LogP) is 1.55. The van der Waals surface area contributed by atoms with Gasteiger partial charge in [0.25, 0.3) is 0 Å². The van der Waals surface area contributed by atoms with Gasteiger partial charge in [-0.05, 0) is 25.7 Å². The van der Waals surface area contributed by atoms with Crippen LogP contribution in [0.2, 0.25) is 0 Å². The van der Waals surface area contributed by atoms with Crippen molar-refractivity contribution < 1.29 is 9.53 Å². The molecule has 0 aromatic carbocycles. The fourth-order valence-electron chi connectivity index (χ4n) is 2.12. The molecule has 0 unspecified atom stereocenters. The van der Waals surface area contributed by atoms with E-state index in [-0.39, 0.29) is 11.8 Å². The van der Waals surface area contributed by atoms with E-state index in [0.717, 1.165) is 31.4 Å². The number of amides is 1. The molecule has 0 atom stereocenters. The molecular weight excluding hydrogens is 206 g/mol. The van der Waals surface area contributed by atoms with Crippen molar-refractivity contribution in [1.29, 1.82) is 0 Å². The van der Waals surface area contributed by atoms with Gasteiger partial charge in [-0.25, -0.2) is 0 Å². The molecule has 1 amide bonds. The van der Waals surface area contributed by atoms with E-state index in [9.17, 15) is 4.79 Å². The normalized spacial score (nSPS) is 25.3. The van der Waals surface area contributed by atoms with E-state index in [1.165, 1.54) is 0 Å². The summed E-state index contributed by atoms with van der Waals surface area (Å²) in [7, 11) is 1.73. The molecular formula is C11H17N3O2. The van der Waals surface area contributed by atoms with Gasteiger partial charge in [-0.15, -0.1) is 0 Å². The molecule has 88 valence electrons. The minimum Gasteiger partial charge on any atom is -0.381 e. The van der Waals surface area contributed by atoms with Gasteiger partial charge in [0, 0.05) is 19.2 Å². The lowest BCUT2D eigenvalue weighted by Crippen LogP contribution is -2.29. The van der Waals surface area contributed by atoms with Crippen LogP contribution in [0.1, 0.15) is 25.7 Å². The molecule has 2 rings (SSSR count). The third kappa shape index (κ3) is 2.61. The van der Waals surface area contributed by atoms with Crippen molar-refractivity contribution in [3.8, 4) is 0 Å². The van der Waals surface area contributed by atoms with Crippen LogP contribution in [0.5, 0.6) is 0 Å². The molecule has 1 aliphatic carbocycles. The first kappa shape index (κ1) is 11.1. The fraction of sp³-hybridized carbons (Fsp3) is 0.636. The van der Waals surface area contributed by atoms with Crippen LogP contribution in [-0.2, 0) is 9.53 Å². The van der Waals surface area contributed by atoms with Crippen molar-refractivity contribution in [1.82, 2.24) is 10.2 Å². The molecule has 0 aliphatic heterocycles. The van der Waals surface area contributed by atoms with E-state index in [0.29, 0.717) is 6.10 Å². The molecule has 1 aromatic rings. The average molecular weight is 223 g/mol. The van der Waals surface area contributed by atoms with E-state index >= 15 is 0 Å². The lowest BCUT2D eigenvalue weighted by Gasteiger charge is -2.26. The van der Waals surface area contributed by atoms with Gasteiger partial charge in [0.05, 0.1) is 18.0 Å². The SMILES string of the molecule is COC1CCC(C(=O)Nc2cn[nH]c2)CC1. The van der Waals surface area contributed by atoms with E-state index in [1.54, 1.807) is 19.5 Å². The Morgan fingerprint density at radius 2 is 2.25 bits per heavy atom. The van der Waals surface area contributed by atoms with Gasteiger partial charge in [0.2, 0.25) is 5.91 Å². The van der Waals surface area contributed by atoms with Gasteiger partial charge in [-0.1, -0.05) is 0 Å². The van der Waals surface area contributed by atoms with Crippen molar-refractivity contribution >= 4 is 11.6 Å². The third-order valence-electron chi connectivity index (χ3n) is 3.14. The second-order valence-corrected chi connectivity index (χ2v) is 4.19. The molecule has 0 bridgehead atoms. The van der Waals surface area contributed by atoms with Crippen LogP contribution in [0.15, 0.2) is 12.4 Å². The summed E-state index contributed by atoms with van der Waals surface area (Å²) in [4.78, 5) is 11.9. The monoisotopic (exact) mass is 223 g/mol. The summed E-state index contributed by atoms with van der Waals surface area (Å²) in [6.45, 7) is 0. The quantitative estimate of drug-likeness (QED) is 0.817. The molecule has 0 radical (unpaired) electrons. The standard InChI is InChI=1S/C11H17N3O2/c1-16-10-4-2-8(3-5-10)11(15)14-9-6-12-13-7-9/h6-8,10H,2-5H2,1H3,(H,12,13)(H,14,15). The molecule has 5 nitrogen and oxygen atoms in total. The molecule has 2 N–H and O–H groups in total. The summed E-state index contributed by atoms with van der Waals surface area (Å²) in [5.74, 6) is 0.206. The number of carbonyl (C=O) groups is 1. The maximum absolute atomic E-state index is 11.9. The van der Waals surface area contributed by atoms with Gasteiger partial charge >= 0.3 is 0 Å². The molecule has 0 spiro atoms. The molecule has 1 aliphatic rings. The molecule has 1 saturated carbocycles. The second-order valence-electron chi connectivity index (χ2n) is 4.19. The van der Waals surface area contributed by atoms with Crippen molar-refractivity contribution in [2.24, 2.45) is 5.92 Å². The van der Waals surface area contributed by atoms with Crippen molar-refractivity contribution in [3.05, 3.63) is 12.4 Å². The number of aromatic amines is 1. The number of aromatic nitrogens is 2. The van der Waals surface area contributed by atoms with Gasteiger partial charge in [0.1, 0.15) is 0 Å². The highest BCUT2D eigenvalue weighted by molar-refractivity contribution is 5.92. The van der Waals surface area contributed by atoms with Crippen LogP contribution < -0.4 is 5.32 Å². The first-order chi connectivity index (χ1) is 7.79. The topological polar surface area (TPSA) is 67.0 Å². The van der Waals surface area contributed by atoms with Gasteiger partial charge in [0.15, 0.2) is 0 Å². The Morgan fingerprint density at radius 3 is 2.81 bits per heavy atom. The zero-order valence-corrected chi connectivity index (χ0v) is 9.40. The Kier molecular flexibility index (Phi) is 3.56. The fourth-order valence-corrected chi connectivity index (χ4v) is 2.12. The van der Waals surface area contributed by atoms with Crippen LogP contribution in [0.3, 0.4) is 0 Å². The summed E-state index contributed by atoms with van der Waals surface area (Å²) in [6, 6.07) is 0. The minimum atomic E-state index is 0.0935. The number of rotatable bonds is 3. The highest BCUT2D eigenvalue weighted by Crippen LogP contribution is 2.26. The molecule has 1 heterocycles. The largest absolute Gasteiger partial charge is 0.381 e. The first-order valence-corrected chi connectivity index (χ1v) is 5.62. The number of hydrogen-bond acceptors (Lipinski definition) is 3. The van der Waals surface area contributed by atoms with Gasteiger partial charge in [-0.2, -0.15) is 5.10 Å². The highest BCUT2D eigenvalue weighted by atomic mass is 16.5. The smallest absolute Gasteiger partial charge is 0.227 e. The van der Waals surface area contributed by atoms with Crippen molar-refractivity contribution in [2.75, 3.05) is 12.4 Å². The second kappa shape index (κ2) is 5.12. The Morgan fingerprint density at radius 1 is 1.50 bits per heavy atom. The third-order valence-corrected chi connectivity index (χ3v) is 3.14. The Hall–Kier alpha value is -1.36. The average Bonchev–Trinajstić information content (AvgIpc) is 2.82. The van der Waals surface area contributed by atoms with Crippen LogP contribution in [-0.4, -0.2) is 29.3 Å². The zero-order chi connectivity index (χ0) is 11.4. The number of hydrogen-bond donors (Lipinski definition) is 2. The van der Waals surface area contributed by atoms with Crippen LogP contribution in [0.25, 0.3) is 0 Å². The summed E-state index contributed by atoms with van der Waals surface area (Å²) < 4.78 is 5.28. The van der Waals surface area contributed by atoms with E-state index in [1.807, 2.05) is 0 Å². The number of anilines is 1. The van der Waals surface area contributed by atoms with E-state index in [2.05, 4.69) is 15.5 Å². The Labute approximate surface area is 94.6 Å². The van der Waals surface area contributed by atoms with Crippen molar-refractivity contribution in [2.45, 2.75) is 31.8 Å². The lowest BCUT2D eigenvalue weighted by atomic mass is 9.87. The Balaban J connectivity index is 1.82. The highest BCUT2D eigenvalue weighted by Gasteiger charge is 2.26. The number of nitrogens with one attached hydrogen (secondary N) is 2. The molecule has 1 fully saturated rings. The maximum atomic E-state index is 11.9. The number of ether oxygens (including phenoxy) is 1. The van der Waals surface area contributed by atoms with E-state index in [4.69, 9.17) is 4.74 Å². The number of H-pyrrole nitrogens is 1. The molecule has 0 saturated heterocycles. The Bertz CT molecular complexity index is 329. The van der Waals surface area contributed by atoms with Crippen LogP contribution in [0, 0.1) is 5.92 Å². The van der Waals surface area contributed by atoms with Crippen LogP contribution >= 0.6 is 0 Å². The van der Waals surface area contributed by atoms with Crippen LogP contribution in [0.4, 0.5) is 5.69 Å². The number of nitrogens with zero attached hydrogens (tertiary/aromatic N) is 1. The number of carbonyl (C=O) groups excluding carboxylic acids is 1. The molecule has 1 aromatic heterocycles. The summed E-state index contributed by atoms with van der Waals surface area (Å²) in [5.41, 5.74) is 0.735. The summed E-state index contributed by atoms with van der Waals surface area (Å²) >= 11 is 0.